The van der Waals surface area contributed by atoms with E-state index in [9.17, 15) is 4.79 Å². The molecule has 0 saturated carbocycles. The van der Waals surface area contributed by atoms with Crippen LogP contribution in [0.4, 0.5) is 5.13 Å². The first kappa shape index (κ1) is 23.1. The fourth-order valence-corrected chi connectivity index (χ4v) is 3.92. The van der Waals surface area contributed by atoms with E-state index in [1.54, 1.807) is 22.8 Å². The molecule has 0 saturated heterocycles. The zero-order chi connectivity index (χ0) is 20.4. The van der Waals surface area contributed by atoms with Crippen LogP contribution in [-0.2, 0) is 0 Å². The molecule has 0 atom stereocenters. The molecule has 1 amide bonds. The molecule has 3 aromatic rings. The number of aryl methyl sites for hydroxylation is 1. The molecule has 9 heteroatoms. The van der Waals surface area contributed by atoms with Crippen molar-refractivity contribution in [2.24, 2.45) is 0 Å². The Hall–Kier alpha value is -2.16. The third kappa shape index (κ3) is 4.88. The molecule has 1 aromatic carbocycles. The van der Waals surface area contributed by atoms with Crippen molar-refractivity contribution in [2.75, 3.05) is 39.2 Å². The van der Waals surface area contributed by atoms with Crippen LogP contribution < -0.4 is 9.64 Å². The fraction of sp³-hybridized carbons (Fsp3) is 0.450. The predicted molar refractivity (Wildman–Crippen MR) is 121 cm³/mol. The van der Waals surface area contributed by atoms with E-state index < -0.39 is 0 Å². The summed E-state index contributed by atoms with van der Waals surface area (Å²) in [7, 11) is 5.61. The molecule has 0 unspecified atom stereocenters. The maximum Gasteiger partial charge on any atom is 0.280 e. The molecule has 0 aliphatic rings. The number of nitrogens with zero attached hydrogens (tertiary/aromatic N) is 5. The molecule has 2 heterocycles. The summed E-state index contributed by atoms with van der Waals surface area (Å²) in [6.45, 7) is 7.37. The monoisotopic (exact) mass is 437 g/mol. The summed E-state index contributed by atoms with van der Waals surface area (Å²) >= 11 is 1.51. The average Bonchev–Trinajstić information content (AvgIpc) is 3.30. The summed E-state index contributed by atoms with van der Waals surface area (Å²) in [6.07, 6.45) is 1.84. The highest BCUT2D eigenvalue weighted by Gasteiger charge is 2.24. The molecule has 3 rings (SSSR count). The second-order valence-corrected chi connectivity index (χ2v) is 8.27. The zero-order valence-corrected chi connectivity index (χ0v) is 19.3. The lowest BCUT2D eigenvalue weighted by atomic mass is 10.2. The molecule has 0 fully saturated rings. The Labute approximate surface area is 181 Å². The average molecular weight is 438 g/mol. The number of carbonyl (C=O) groups excluding carboxylic acids is 1. The van der Waals surface area contributed by atoms with Gasteiger partial charge < -0.3 is 9.64 Å². The van der Waals surface area contributed by atoms with Crippen molar-refractivity contribution < 1.29 is 9.53 Å². The van der Waals surface area contributed by atoms with E-state index in [0.29, 0.717) is 23.1 Å². The smallest absolute Gasteiger partial charge is 0.280 e. The van der Waals surface area contributed by atoms with Gasteiger partial charge in [-0.05, 0) is 52.6 Å². The van der Waals surface area contributed by atoms with E-state index in [0.717, 1.165) is 22.3 Å². The van der Waals surface area contributed by atoms with Gasteiger partial charge in [0.1, 0.15) is 11.3 Å². The summed E-state index contributed by atoms with van der Waals surface area (Å²) < 4.78 is 8.29. The molecule has 0 aliphatic carbocycles. The summed E-state index contributed by atoms with van der Waals surface area (Å²) in [5, 5.41) is 5.11. The van der Waals surface area contributed by atoms with Crippen molar-refractivity contribution in [3.8, 4) is 5.75 Å². The van der Waals surface area contributed by atoms with E-state index in [1.165, 1.54) is 11.3 Å². The third-order valence-corrected chi connectivity index (χ3v) is 5.73. The maximum atomic E-state index is 13.3. The number of carbonyl (C=O) groups is 1. The molecule has 0 bridgehead atoms. The Morgan fingerprint density at radius 3 is 2.55 bits per heavy atom. The van der Waals surface area contributed by atoms with Gasteiger partial charge in [-0.25, -0.2) is 4.98 Å². The van der Waals surface area contributed by atoms with Crippen molar-refractivity contribution in [1.82, 2.24) is 19.7 Å². The number of hydrogen-bond acceptors (Lipinski definition) is 6. The SMILES string of the molecule is COc1ccc(C)c2sc(N(CCN(C)C)C(=O)c3ccn(C(C)C)n3)nc12.Cl. The van der Waals surface area contributed by atoms with Crippen molar-refractivity contribution in [3.63, 3.8) is 0 Å². The minimum atomic E-state index is -0.142. The number of methoxy groups -OCH3 is 1. The predicted octanol–water partition coefficient (Wildman–Crippen LogP) is 4.02. The summed E-state index contributed by atoms with van der Waals surface area (Å²) in [5.74, 6) is 0.573. The number of anilines is 1. The number of likely N-dealkylation sites (N-methyl/N-ethyl adjacent to an activating group) is 1. The van der Waals surface area contributed by atoms with Crippen LogP contribution in [0.15, 0.2) is 24.4 Å². The lowest BCUT2D eigenvalue weighted by Crippen LogP contribution is -2.37. The van der Waals surface area contributed by atoms with E-state index in [2.05, 4.69) is 5.10 Å². The van der Waals surface area contributed by atoms with Gasteiger partial charge in [0.25, 0.3) is 5.91 Å². The van der Waals surface area contributed by atoms with Crippen LogP contribution in [0.2, 0.25) is 0 Å². The Balaban J connectivity index is 0.00000300. The Kier molecular flexibility index (Phi) is 7.62. The van der Waals surface area contributed by atoms with E-state index in [4.69, 9.17) is 9.72 Å². The summed E-state index contributed by atoms with van der Waals surface area (Å²) in [5.41, 5.74) is 2.33. The Morgan fingerprint density at radius 2 is 1.97 bits per heavy atom. The van der Waals surface area contributed by atoms with Crippen molar-refractivity contribution in [3.05, 3.63) is 35.7 Å². The molecule has 2 aromatic heterocycles. The number of rotatable bonds is 7. The van der Waals surface area contributed by atoms with Crippen LogP contribution >= 0.6 is 23.7 Å². The standard InChI is InChI=1S/C20H27N5O2S.ClH/c1-13(2)25-10-9-15(22-25)19(26)24(12-11-23(4)5)20-21-17-16(27-6)8-7-14(3)18(17)28-20;/h7-10,13H,11-12H2,1-6H3;1H. The number of halogens is 1. The van der Waals surface area contributed by atoms with Gasteiger partial charge in [0.2, 0.25) is 0 Å². The van der Waals surface area contributed by atoms with Gasteiger partial charge in [0, 0.05) is 25.3 Å². The lowest BCUT2D eigenvalue weighted by molar-refractivity contribution is 0.0979. The number of fused-ring (bicyclic) bond motifs is 1. The van der Waals surface area contributed by atoms with Crippen LogP contribution in [0.3, 0.4) is 0 Å². The highest BCUT2D eigenvalue weighted by molar-refractivity contribution is 7.22. The van der Waals surface area contributed by atoms with Crippen LogP contribution in [0.25, 0.3) is 10.2 Å². The van der Waals surface area contributed by atoms with Gasteiger partial charge in [-0.2, -0.15) is 5.10 Å². The summed E-state index contributed by atoms with van der Waals surface area (Å²) in [4.78, 5) is 21.8. The molecule has 0 aliphatic heterocycles. The highest BCUT2D eigenvalue weighted by atomic mass is 35.5. The first-order valence-corrected chi connectivity index (χ1v) is 10.1. The number of aromatic nitrogens is 3. The second kappa shape index (κ2) is 9.56. The molecular formula is C20H28ClN5O2S. The fourth-order valence-electron chi connectivity index (χ4n) is 2.84. The van der Waals surface area contributed by atoms with Gasteiger partial charge in [0.05, 0.1) is 11.8 Å². The Morgan fingerprint density at radius 1 is 1.24 bits per heavy atom. The van der Waals surface area contributed by atoms with E-state index in [1.807, 2.05) is 58.1 Å². The molecular weight excluding hydrogens is 410 g/mol. The van der Waals surface area contributed by atoms with Crippen LogP contribution in [0, 0.1) is 6.92 Å². The van der Waals surface area contributed by atoms with E-state index in [-0.39, 0.29) is 24.4 Å². The van der Waals surface area contributed by atoms with Gasteiger partial charge >= 0.3 is 0 Å². The minimum absolute atomic E-state index is 0. The number of hydrogen-bond donors (Lipinski definition) is 0. The number of thiazole rings is 1. The number of ether oxygens (including phenoxy) is 1. The maximum absolute atomic E-state index is 13.3. The quantitative estimate of drug-likeness (QED) is 0.558. The van der Waals surface area contributed by atoms with Gasteiger partial charge in [-0.15, -0.1) is 12.4 Å². The van der Waals surface area contributed by atoms with Crippen LogP contribution in [0.1, 0.15) is 35.9 Å². The van der Waals surface area contributed by atoms with Gasteiger partial charge in [-0.1, -0.05) is 17.4 Å². The van der Waals surface area contributed by atoms with Crippen molar-refractivity contribution >= 4 is 45.0 Å². The molecule has 0 spiro atoms. The first-order valence-electron chi connectivity index (χ1n) is 9.27. The normalized spacial score (nSPS) is 11.2. The molecule has 0 N–H and O–H groups in total. The van der Waals surface area contributed by atoms with Crippen LogP contribution in [0.5, 0.6) is 5.75 Å². The second-order valence-electron chi connectivity index (χ2n) is 7.29. The molecule has 158 valence electrons. The van der Waals surface area contributed by atoms with Gasteiger partial charge in [-0.3, -0.25) is 14.4 Å². The lowest BCUT2D eigenvalue weighted by Gasteiger charge is -2.21. The molecule has 0 radical (unpaired) electrons. The topological polar surface area (TPSA) is 63.5 Å². The highest BCUT2D eigenvalue weighted by Crippen LogP contribution is 2.36. The molecule has 29 heavy (non-hydrogen) atoms. The minimum Gasteiger partial charge on any atom is -0.494 e. The summed E-state index contributed by atoms with van der Waals surface area (Å²) in [6, 6.07) is 5.90. The zero-order valence-electron chi connectivity index (χ0n) is 17.7. The third-order valence-electron chi connectivity index (χ3n) is 4.52. The van der Waals surface area contributed by atoms with Crippen molar-refractivity contribution in [1.29, 1.82) is 0 Å². The van der Waals surface area contributed by atoms with Crippen molar-refractivity contribution in [2.45, 2.75) is 26.8 Å². The van der Waals surface area contributed by atoms with Crippen LogP contribution in [-0.4, -0.2) is 59.9 Å². The van der Waals surface area contributed by atoms with Gasteiger partial charge in [0.15, 0.2) is 10.8 Å². The number of amides is 1. The largest absolute Gasteiger partial charge is 0.494 e. The number of benzene rings is 1. The molecule has 7 nitrogen and oxygen atoms in total. The first-order chi connectivity index (χ1) is 13.3. The Bertz CT molecular complexity index is 983. The van der Waals surface area contributed by atoms with E-state index >= 15 is 0 Å².